The van der Waals surface area contributed by atoms with Gasteiger partial charge in [-0.05, 0) is 33.7 Å². The van der Waals surface area contributed by atoms with Crippen molar-refractivity contribution in [3.8, 4) is 0 Å². The maximum absolute atomic E-state index is 7.84. The van der Waals surface area contributed by atoms with Gasteiger partial charge in [-0.3, -0.25) is 0 Å². The zero-order valence-corrected chi connectivity index (χ0v) is 7.70. The fraction of sp³-hybridized carbons (Fsp3) is 0. The van der Waals surface area contributed by atoms with E-state index in [1.54, 1.807) is 0 Å². The first kappa shape index (κ1) is 6.61. The van der Waals surface area contributed by atoms with Crippen molar-refractivity contribution in [2.45, 2.75) is 0 Å². The smallest absolute Gasteiger partial charge is 0.0616 e. The van der Waals surface area contributed by atoms with Gasteiger partial charge in [-0.15, -0.1) is 0 Å². The summed E-state index contributed by atoms with van der Waals surface area (Å²) in [5.41, 5.74) is 0. The van der Waals surface area contributed by atoms with Gasteiger partial charge in [0, 0.05) is 0 Å². The van der Waals surface area contributed by atoms with Gasteiger partial charge in [0.05, 0.1) is 1.37 Å². The molecule has 14 heavy (non-hydrogen) atoms. The Morgan fingerprint density at radius 2 is 1.14 bits per heavy atom. The van der Waals surface area contributed by atoms with E-state index >= 15 is 0 Å². The maximum Gasteiger partial charge on any atom is 0.0629 e. The van der Waals surface area contributed by atoms with Crippen molar-refractivity contribution in [3.63, 3.8) is 0 Å². The average Bonchev–Trinajstić information content (AvgIpc) is 2.27. The summed E-state index contributed by atoms with van der Waals surface area (Å²) in [4.78, 5) is 0. The second kappa shape index (κ2) is 2.85. The predicted octanol–water partition coefficient (Wildman–Crippen LogP) is 3.99. The summed E-state index contributed by atoms with van der Waals surface area (Å²) in [5, 5.41) is 4.60. The van der Waals surface area contributed by atoms with Gasteiger partial charge in [-0.2, -0.15) is 0 Å². The highest BCUT2D eigenvalue weighted by atomic mass is 14.0. The zero-order valence-electron chi connectivity index (χ0n) is 8.70. The Bertz CT molecular complexity index is 641. The minimum atomic E-state index is 0.596. The number of fused-ring (bicyclic) bond motifs is 2. The van der Waals surface area contributed by atoms with Crippen molar-refractivity contribution < 1.29 is 1.37 Å². The fourth-order valence-corrected chi connectivity index (χ4v) is 1.81. The van der Waals surface area contributed by atoms with E-state index in [2.05, 4.69) is 30.3 Å². The van der Waals surface area contributed by atoms with Gasteiger partial charge in [0.25, 0.3) is 0 Å². The highest BCUT2D eigenvalue weighted by molar-refractivity contribution is 5.97. The Balaban J connectivity index is 2.53. The Hall–Kier alpha value is -1.82. The SMILES string of the molecule is [2H]c1cccc2cc3ccccc3cc12. The minimum Gasteiger partial charge on any atom is -0.0616 e. The van der Waals surface area contributed by atoms with E-state index in [-0.39, 0.29) is 0 Å². The first-order valence-corrected chi connectivity index (χ1v) is 4.73. The van der Waals surface area contributed by atoms with Gasteiger partial charge < -0.3 is 0 Å². The molecule has 0 fully saturated rings. The molecule has 0 aliphatic rings. The molecule has 0 heteroatoms. The van der Waals surface area contributed by atoms with E-state index in [0.717, 1.165) is 10.8 Å². The molecule has 0 atom stereocenters. The zero-order chi connectivity index (χ0) is 10.3. The summed E-state index contributed by atoms with van der Waals surface area (Å²) in [5.74, 6) is 0. The molecule has 0 aromatic heterocycles. The minimum absolute atomic E-state index is 0.596. The van der Waals surface area contributed by atoms with E-state index in [9.17, 15) is 0 Å². The highest BCUT2D eigenvalue weighted by Crippen LogP contribution is 2.21. The molecule has 0 unspecified atom stereocenters. The van der Waals surface area contributed by atoms with Crippen LogP contribution in [0.5, 0.6) is 0 Å². The maximum atomic E-state index is 7.84. The summed E-state index contributed by atoms with van der Waals surface area (Å²) >= 11 is 0. The van der Waals surface area contributed by atoms with E-state index in [0.29, 0.717) is 6.04 Å². The van der Waals surface area contributed by atoms with Crippen molar-refractivity contribution in [1.29, 1.82) is 0 Å². The first-order valence-electron chi connectivity index (χ1n) is 5.23. The third-order valence-corrected chi connectivity index (χ3v) is 2.53. The van der Waals surface area contributed by atoms with Gasteiger partial charge in [-0.1, -0.05) is 48.5 Å². The van der Waals surface area contributed by atoms with Crippen LogP contribution in [0.1, 0.15) is 1.37 Å². The summed E-state index contributed by atoms with van der Waals surface area (Å²) in [6.45, 7) is 0. The van der Waals surface area contributed by atoms with Crippen LogP contribution >= 0.6 is 0 Å². The quantitative estimate of drug-likeness (QED) is 0.458. The Labute approximate surface area is 84.2 Å². The molecule has 0 aliphatic carbocycles. The lowest BCUT2D eigenvalue weighted by atomic mass is 10.0. The number of hydrogen-bond donors (Lipinski definition) is 0. The van der Waals surface area contributed by atoms with Crippen LogP contribution in [0, 0.1) is 0 Å². The van der Waals surface area contributed by atoms with Gasteiger partial charge in [0.15, 0.2) is 0 Å². The molecule has 0 heterocycles. The fourth-order valence-electron chi connectivity index (χ4n) is 1.81. The predicted molar refractivity (Wildman–Crippen MR) is 61.5 cm³/mol. The molecule has 0 nitrogen and oxygen atoms in total. The van der Waals surface area contributed by atoms with Crippen LogP contribution in [-0.2, 0) is 0 Å². The molecule has 0 spiro atoms. The van der Waals surface area contributed by atoms with Crippen LogP contribution in [0.2, 0.25) is 0 Å². The molecular formula is C14H10. The standard InChI is InChI=1S/C14H10/c1-2-6-12-10-14-8-4-3-7-13(14)9-11(12)5-1/h1-10H/i5D. The topological polar surface area (TPSA) is 0 Å². The number of rotatable bonds is 0. The lowest BCUT2D eigenvalue weighted by Crippen LogP contribution is -1.74. The molecule has 0 amide bonds. The third-order valence-electron chi connectivity index (χ3n) is 2.53. The largest absolute Gasteiger partial charge is 0.0629 e. The van der Waals surface area contributed by atoms with Crippen molar-refractivity contribution in [2.24, 2.45) is 0 Å². The molecule has 3 aromatic rings. The van der Waals surface area contributed by atoms with Crippen LogP contribution in [0.25, 0.3) is 21.5 Å². The van der Waals surface area contributed by atoms with Crippen molar-refractivity contribution in [1.82, 2.24) is 0 Å². The monoisotopic (exact) mass is 179 g/mol. The Morgan fingerprint density at radius 3 is 1.86 bits per heavy atom. The van der Waals surface area contributed by atoms with Crippen molar-refractivity contribution in [2.75, 3.05) is 0 Å². The van der Waals surface area contributed by atoms with Crippen molar-refractivity contribution in [3.05, 3.63) is 60.6 Å². The van der Waals surface area contributed by atoms with Gasteiger partial charge in [0.1, 0.15) is 0 Å². The molecule has 0 bridgehead atoms. The van der Waals surface area contributed by atoms with Crippen LogP contribution in [0.15, 0.2) is 60.6 Å². The third kappa shape index (κ3) is 1.08. The molecule has 0 N–H and O–H groups in total. The van der Waals surface area contributed by atoms with Crippen LogP contribution in [-0.4, -0.2) is 0 Å². The molecule has 0 saturated heterocycles. The molecule has 66 valence electrons. The average molecular weight is 179 g/mol. The Kier molecular flexibility index (Phi) is 1.34. The van der Waals surface area contributed by atoms with Crippen molar-refractivity contribution >= 4 is 21.5 Å². The summed E-state index contributed by atoms with van der Waals surface area (Å²) in [7, 11) is 0. The highest BCUT2D eigenvalue weighted by Gasteiger charge is 1.95. The second-order valence-electron chi connectivity index (χ2n) is 3.46. The molecule has 0 radical (unpaired) electrons. The normalized spacial score (nSPS) is 11.9. The Morgan fingerprint density at radius 1 is 0.643 bits per heavy atom. The second-order valence-corrected chi connectivity index (χ2v) is 3.46. The molecule has 0 aliphatic heterocycles. The van der Waals surface area contributed by atoms with Crippen LogP contribution in [0.3, 0.4) is 0 Å². The van der Waals surface area contributed by atoms with Crippen LogP contribution in [0.4, 0.5) is 0 Å². The van der Waals surface area contributed by atoms with Crippen LogP contribution < -0.4 is 0 Å². The lowest BCUT2D eigenvalue weighted by Gasteiger charge is -2.00. The van der Waals surface area contributed by atoms with Gasteiger partial charge in [-0.25, -0.2) is 0 Å². The summed E-state index contributed by atoms with van der Waals surface area (Å²) in [6, 6.07) is 18.9. The molecule has 0 saturated carbocycles. The van der Waals surface area contributed by atoms with E-state index < -0.39 is 0 Å². The summed E-state index contributed by atoms with van der Waals surface area (Å²) < 4.78 is 7.84. The first-order chi connectivity index (χ1) is 7.34. The van der Waals surface area contributed by atoms with Gasteiger partial charge >= 0.3 is 0 Å². The van der Waals surface area contributed by atoms with E-state index in [1.165, 1.54) is 10.8 Å². The molecule has 3 rings (SSSR count). The number of hydrogen-bond acceptors (Lipinski definition) is 0. The van der Waals surface area contributed by atoms with Gasteiger partial charge in [0.2, 0.25) is 0 Å². The number of benzene rings is 3. The molecule has 3 aromatic carbocycles. The molecular weight excluding hydrogens is 168 g/mol. The summed E-state index contributed by atoms with van der Waals surface area (Å²) in [6.07, 6.45) is 0. The van der Waals surface area contributed by atoms with E-state index in [4.69, 9.17) is 1.37 Å². The lowest BCUT2D eigenvalue weighted by molar-refractivity contribution is 1.76. The van der Waals surface area contributed by atoms with E-state index in [1.807, 2.05) is 24.3 Å².